The molecule has 2 rings (SSSR count). The maximum Gasteiger partial charge on any atom is 0.269 e. The monoisotopic (exact) mass is 248 g/mol. The van der Waals surface area contributed by atoms with E-state index in [1.54, 1.807) is 10.7 Å². The molecule has 0 spiro atoms. The van der Waals surface area contributed by atoms with E-state index >= 15 is 0 Å². The zero-order valence-electron chi connectivity index (χ0n) is 10.5. The summed E-state index contributed by atoms with van der Waals surface area (Å²) in [6, 6.07) is 1.79. The number of hydrogen-bond donors (Lipinski definition) is 2. The number of amides is 1. The molecule has 0 aliphatic carbocycles. The van der Waals surface area contributed by atoms with Crippen molar-refractivity contribution in [1.29, 1.82) is 0 Å². The Morgan fingerprint density at radius 3 is 3.06 bits per heavy atom. The van der Waals surface area contributed by atoms with E-state index < -0.39 is 0 Å². The molecule has 7 nitrogen and oxygen atoms in total. The first-order chi connectivity index (χ1) is 8.70. The second kappa shape index (κ2) is 5.44. The van der Waals surface area contributed by atoms with E-state index in [1.807, 2.05) is 13.8 Å². The van der Waals surface area contributed by atoms with Gasteiger partial charge < -0.3 is 5.32 Å². The lowest BCUT2D eigenvalue weighted by Crippen LogP contribution is -2.28. The van der Waals surface area contributed by atoms with Gasteiger partial charge in [0.25, 0.3) is 5.91 Å². The molecule has 96 valence electrons. The van der Waals surface area contributed by atoms with E-state index in [0.29, 0.717) is 25.2 Å². The fourth-order valence-corrected chi connectivity index (χ4v) is 1.71. The van der Waals surface area contributed by atoms with Crippen LogP contribution in [0.3, 0.4) is 0 Å². The largest absolute Gasteiger partial charge is 0.350 e. The summed E-state index contributed by atoms with van der Waals surface area (Å²) in [5.41, 5.74) is 1.44. The molecule has 0 aromatic carbocycles. The van der Waals surface area contributed by atoms with E-state index in [4.69, 9.17) is 0 Å². The molecule has 0 atom stereocenters. The van der Waals surface area contributed by atoms with Crippen molar-refractivity contribution in [2.24, 2.45) is 0 Å². The Hall–Kier alpha value is -2.18. The summed E-state index contributed by atoms with van der Waals surface area (Å²) >= 11 is 0. The standard InChI is InChI=1S/C11H16N6O/c1-3-17-9(6-8(2)16-17)11(18)12-5-4-10-13-7-14-15-10/h6-7H,3-5H2,1-2H3,(H,12,18)(H,13,14,15). The van der Waals surface area contributed by atoms with Gasteiger partial charge in [-0.05, 0) is 19.9 Å². The van der Waals surface area contributed by atoms with Crippen LogP contribution in [-0.2, 0) is 13.0 Å². The first-order valence-electron chi connectivity index (χ1n) is 5.87. The van der Waals surface area contributed by atoms with E-state index in [-0.39, 0.29) is 5.91 Å². The van der Waals surface area contributed by atoms with Gasteiger partial charge in [-0.15, -0.1) is 0 Å². The van der Waals surface area contributed by atoms with Crippen LogP contribution in [0, 0.1) is 6.92 Å². The van der Waals surface area contributed by atoms with Gasteiger partial charge in [0.15, 0.2) is 0 Å². The average Bonchev–Trinajstić information content (AvgIpc) is 2.98. The molecule has 7 heteroatoms. The van der Waals surface area contributed by atoms with Gasteiger partial charge in [0, 0.05) is 19.5 Å². The summed E-state index contributed by atoms with van der Waals surface area (Å²) in [4.78, 5) is 15.9. The van der Waals surface area contributed by atoms with Crippen molar-refractivity contribution >= 4 is 5.91 Å². The number of aromatic nitrogens is 5. The van der Waals surface area contributed by atoms with Gasteiger partial charge in [-0.3, -0.25) is 14.6 Å². The van der Waals surface area contributed by atoms with Crippen LogP contribution in [0.4, 0.5) is 0 Å². The number of carbonyl (C=O) groups is 1. The van der Waals surface area contributed by atoms with Crippen molar-refractivity contribution in [1.82, 2.24) is 30.3 Å². The number of hydrogen-bond acceptors (Lipinski definition) is 4. The van der Waals surface area contributed by atoms with Crippen LogP contribution in [0.25, 0.3) is 0 Å². The zero-order valence-corrected chi connectivity index (χ0v) is 10.5. The summed E-state index contributed by atoms with van der Waals surface area (Å²) < 4.78 is 1.69. The lowest BCUT2D eigenvalue weighted by atomic mass is 10.3. The second-order valence-electron chi connectivity index (χ2n) is 3.92. The van der Waals surface area contributed by atoms with Crippen LogP contribution in [0.2, 0.25) is 0 Å². The van der Waals surface area contributed by atoms with Gasteiger partial charge in [0.1, 0.15) is 17.8 Å². The molecular formula is C11H16N6O. The zero-order chi connectivity index (χ0) is 13.0. The van der Waals surface area contributed by atoms with Gasteiger partial charge in [-0.25, -0.2) is 4.98 Å². The molecule has 0 fully saturated rings. The minimum atomic E-state index is -0.114. The highest BCUT2D eigenvalue weighted by Crippen LogP contribution is 2.03. The van der Waals surface area contributed by atoms with Gasteiger partial charge >= 0.3 is 0 Å². The third-order valence-electron chi connectivity index (χ3n) is 2.55. The fourth-order valence-electron chi connectivity index (χ4n) is 1.71. The summed E-state index contributed by atoms with van der Waals surface area (Å²) in [6.07, 6.45) is 2.08. The first-order valence-corrected chi connectivity index (χ1v) is 5.87. The van der Waals surface area contributed by atoms with E-state index in [1.165, 1.54) is 6.33 Å². The second-order valence-corrected chi connectivity index (χ2v) is 3.92. The van der Waals surface area contributed by atoms with Gasteiger partial charge in [0.05, 0.1) is 5.69 Å². The number of H-pyrrole nitrogens is 1. The topological polar surface area (TPSA) is 88.5 Å². The van der Waals surface area contributed by atoms with Crippen LogP contribution in [-0.4, -0.2) is 37.4 Å². The molecule has 0 unspecified atom stereocenters. The molecule has 0 radical (unpaired) electrons. The molecule has 0 saturated carbocycles. The average molecular weight is 248 g/mol. The van der Waals surface area contributed by atoms with Crippen molar-refractivity contribution in [2.45, 2.75) is 26.8 Å². The predicted molar refractivity (Wildman–Crippen MR) is 65.1 cm³/mol. The number of aromatic amines is 1. The highest BCUT2D eigenvalue weighted by atomic mass is 16.2. The van der Waals surface area contributed by atoms with E-state index in [9.17, 15) is 4.79 Å². The Morgan fingerprint density at radius 1 is 1.56 bits per heavy atom. The minimum absolute atomic E-state index is 0.114. The number of nitrogens with zero attached hydrogens (tertiary/aromatic N) is 4. The molecule has 2 aromatic heterocycles. The normalized spacial score (nSPS) is 10.6. The van der Waals surface area contributed by atoms with Crippen molar-refractivity contribution in [2.75, 3.05) is 6.54 Å². The Bertz CT molecular complexity index is 516. The van der Waals surface area contributed by atoms with E-state index in [2.05, 4.69) is 25.6 Å². The van der Waals surface area contributed by atoms with Crippen molar-refractivity contribution in [3.63, 3.8) is 0 Å². The van der Waals surface area contributed by atoms with E-state index in [0.717, 1.165) is 11.5 Å². The summed E-state index contributed by atoms with van der Waals surface area (Å²) in [6.45, 7) is 5.02. The third-order valence-corrected chi connectivity index (χ3v) is 2.55. The lowest BCUT2D eigenvalue weighted by molar-refractivity contribution is 0.0943. The van der Waals surface area contributed by atoms with Crippen molar-refractivity contribution in [3.05, 3.63) is 29.6 Å². The van der Waals surface area contributed by atoms with Crippen molar-refractivity contribution < 1.29 is 4.79 Å². The quantitative estimate of drug-likeness (QED) is 0.796. The molecular weight excluding hydrogens is 232 g/mol. The summed E-state index contributed by atoms with van der Waals surface area (Å²) in [5.74, 6) is 0.646. The number of rotatable bonds is 5. The lowest BCUT2D eigenvalue weighted by Gasteiger charge is -2.05. The minimum Gasteiger partial charge on any atom is -0.350 e. The Kier molecular flexibility index (Phi) is 3.71. The van der Waals surface area contributed by atoms with Gasteiger partial charge in [-0.1, -0.05) is 0 Å². The molecule has 2 aromatic rings. The maximum absolute atomic E-state index is 11.9. The number of nitrogens with one attached hydrogen (secondary N) is 2. The van der Waals surface area contributed by atoms with Crippen LogP contribution in [0.5, 0.6) is 0 Å². The molecule has 1 amide bonds. The van der Waals surface area contributed by atoms with Gasteiger partial charge in [0.2, 0.25) is 0 Å². The van der Waals surface area contributed by atoms with Crippen molar-refractivity contribution in [3.8, 4) is 0 Å². The molecule has 18 heavy (non-hydrogen) atoms. The summed E-state index contributed by atoms with van der Waals surface area (Å²) in [5, 5.41) is 13.6. The molecule has 2 heterocycles. The summed E-state index contributed by atoms with van der Waals surface area (Å²) in [7, 11) is 0. The Balaban J connectivity index is 1.91. The Labute approximate surface area is 105 Å². The number of carbonyl (C=O) groups excluding carboxylic acids is 1. The molecule has 0 saturated heterocycles. The Morgan fingerprint density at radius 2 is 2.39 bits per heavy atom. The number of aryl methyl sites for hydroxylation is 2. The smallest absolute Gasteiger partial charge is 0.269 e. The molecule has 0 aliphatic heterocycles. The predicted octanol–water partition coefficient (Wildman–Crippen LogP) is 0.302. The molecule has 0 bridgehead atoms. The highest BCUT2D eigenvalue weighted by molar-refractivity contribution is 5.92. The third kappa shape index (κ3) is 2.73. The van der Waals surface area contributed by atoms with Crippen LogP contribution >= 0.6 is 0 Å². The van der Waals surface area contributed by atoms with Crippen LogP contribution < -0.4 is 5.32 Å². The van der Waals surface area contributed by atoms with Crippen LogP contribution in [0.1, 0.15) is 28.9 Å². The van der Waals surface area contributed by atoms with Gasteiger partial charge in [-0.2, -0.15) is 10.2 Å². The first kappa shape index (κ1) is 12.3. The maximum atomic E-state index is 11.9. The highest BCUT2D eigenvalue weighted by Gasteiger charge is 2.12. The fraction of sp³-hybridized carbons (Fsp3) is 0.455. The molecule has 0 aliphatic rings. The SMILES string of the molecule is CCn1nc(C)cc1C(=O)NCCc1ncn[nH]1. The van der Waals surface area contributed by atoms with Crippen LogP contribution in [0.15, 0.2) is 12.4 Å². The molecule has 2 N–H and O–H groups in total.